The van der Waals surface area contributed by atoms with Gasteiger partial charge in [-0.25, -0.2) is 4.79 Å². The Morgan fingerprint density at radius 1 is 1.00 bits per heavy atom. The van der Waals surface area contributed by atoms with Crippen LogP contribution in [0.4, 0.5) is 4.39 Å². The zero-order chi connectivity index (χ0) is 11.4. The molecule has 0 aliphatic carbocycles. The number of alkyl halides is 1. The molecule has 15 heavy (non-hydrogen) atoms. The zero-order valence-corrected chi connectivity index (χ0v) is 9.25. The van der Waals surface area contributed by atoms with Crippen LogP contribution in [0.3, 0.4) is 0 Å². The molecule has 0 radical (unpaired) electrons. The second kappa shape index (κ2) is 11.2. The summed E-state index contributed by atoms with van der Waals surface area (Å²) in [5.41, 5.74) is 0. The maximum absolute atomic E-state index is 11.7. The number of hydrogen-bond donors (Lipinski definition) is 1. The first kappa shape index (κ1) is 14.1. The summed E-state index contributed by atoms with van der Waals surface area (Å²) in [6.07, 6.45) is 11.1. The van der Waals surface area contributed by atoms with Crippen molar-refractivity contribution in [1.82, 2.24) is 0 Å². The number of rotatable bonds is 10. The van der Waals surface area contributed by atoms with Crippen LogP contribution in [-0.4, -0.2) is 17.8 Å². The Labute approximate surface area is 91.2 Å². The molecular formula is C12H21FO2. The summed E-state index contributed by atoms with van der Waals surface area (Å²) in [6, 6.07) is 0. The molecule has 3 heteroatoms. The van der Waals surface area contributed by atoms with E-state index in [1.54, 1.807) is 6.08 Å². The summed E-state index contributed by atoms with van der Waals surface area (Å²) in [4.78, 5) is 10.1. The normalized spacial score (nSPS) is 11.0. The van der Waals surface area contributed by atoms with E-state index < -0.39 is 5.97 Å². The monoisotopic (exact) mass is 216 g/mol. The predicted octanol–water partition coefficient (Wildman–Crippen LogP) is 3.72. The van der Waals surface area contributed by atoms with Crippen molar-refractivity contribution >= 4 is 5.97 Å². The van der Waals surface area contributed by atoms with Crippen molar-refractivity contribution in [2.75, 3.05) is 6.67 Å². The minimum Gasteiger partial charge on any atom is -0.478 e. The van der Waals surface area contributed by atoms with Gasteiger partial charge in [-0.05, 0) is 19.3 Å². The third-order valence-corrected chi connectivity index (χ3v) is 2.26. The van der Waals surface area contributed by atoms with E-state index in [4.69, 9.17) is 5.11 Å². The Morgan fingerprint density at radius 2 is 1.53 bits per heavy atom. The maximum atomic E-state index is 11.7. The van der Waals surface area contributed by atoms with Crippen molar-refractivity contribution in [3.05, 3.63) is 12.2 Å². The fourth-order valence-electron chi connectivity index (χ4n) is 1.42. The molecule has 0 saturated carbocycles. The van der Waals surface area contributed by atoms with Crippen LogP contribution < -0.4 is 0 Å². The lowest BCUT2D eigenvalue weighted by Crippen LogP contribution is -1.85. The SMILES string of the molecule is O=C(O)C=CCCCCCCCCCF. The van der Waals surface area contributed by atoms with Crippen molar-refractivity contribution in [2.45, 2.75) is 51.4 Å². The van der Waals surface area contributed by atoms with Crippen LogP contribution in [0.5, 0.6) is 0 Å². The second-order valence-electron chi connectivity index (χ2n) is 3.69. The van der Waals surface area contributed by atoms with Gasteiger partial charge < -0.3 is 5.11 Å². The van der Waals surface area contributed by atoms with Crippen LogP contribution in [0.15, 0.2) is 12.2 Å². The molecule has 0 fully saturated rings. The predicted molar refractivity (Wildman–Crippen MR) is 59.7 cm³/mol. The molecule has 0 aliphatic heterocycles. The van der Waals surface area contributed by atoms with Crippen molar-refractivity contribution in [3.8, 4) is 0 Å². The van der Waals surface area contributed by atoms with Gasteiger partial charge in [-0.2, -0.15) is 0 Å². The lowest BCUT2D eigenvalue weighted by molar-refractivity contribution is -0.131. The molecule has 0 bridgehead atoms. The number of unbranched alkanes of at least 4 members (excludes halogenated alkanes) is 7. The van der Waals surface area contributed by atoms with Gasteiger partial charge in [0, 0.05) is 6.08 Å². The van der Waals surface area contributed by atoms with Gasteiger partial charge in [0.15, 0.2) is 0 Å². The molecule has 0 aromatic rings. The summed E-state index contributed by atoms with van der Waals surface area (Å²) in [6.45, 7) is -0.194. The van der Waals surface area contributed by atoms with Gasteiger partial charge in [0.1, 0.15) is 0 Å². The average Bonchev–Trinajstić information content (AvgIpc) is 2.20. The highest BCUT2D eigenvalue weighted by Gasteiger charge is 1.91. The summed E-state index contributed by atoms with van der Waals surface area (Å²) >= 11 is 0. The van der Waals surface area contributed by atoms with E-state index in [0.29, 0.717) is 6.42 Å². The quantitative estimate of drug-likeness (QED) is 0.446. The lowest BCUT2D eigenvalue weighted by atomic mass is 10.1. The van der Waals surface area contributed by atoms with Crippen LogP contribution in [0.1, 0.15) is 51.4 Å². The molecule has 0 saturated heterocycles. The molecule has 0 aromatic carbocycles. The first-order chi connectivity index (χ1) is 7.27. The Hall–Kier alpha value is -0.860. The van der Waals surface area contributed by atoms with Gasteiger partial charge in [0.05, 0.1) is 6.67 Å². The number of hydrogen-bond acceptors (Lipinski definition) is 1. The van der Waals surface area contributed by atoms with Crippen molar-refractivity contribution in [3.63, 3.8) is 0 Å². The molecule has 0 aromatic heterocycles. The molecule has 1 N–H and O–H groups in total. The Balaban J connectivity index is 3.02. The van der Waals surface area contributed by atoms with Crippen LogP contribution in [0.25, 0.3) is 0 Å². The molecule has 0 aliphatic rings. The third kappa shape index (κ3) is 13.1. The first-order valence-corrected chi connectivity index (χ1v) is 5.73. The standard InChI is InChI=1S/C12H21FO2/c13-11-9-7-5-3-1-2-4-6-8-10-12(14)15/h8,10H,1-7,9,11H2,(H,14,15). The number of allylic oxidation sites excluding steroid dienone is 1. The minimum absolute atomic E-state index is 0.194. The molecular weight excluding hydrogens is 195 g/mol. The van der Waals surface area contributed by atoms with E-state index in [9.17, 15) is 9.18 Å². The maximum Gasteiger partial charge on any atom is 0.327 e. The van der Waals surface area contributed by atoms with Gasteiger partial charge in [-0.1, -0.05) is 38.2 Å². The topological polar surface area (TPSA) is 37.3 Å². The van der Waals surface area contributed by atoms with Gasteiger partial charge >= 0.3 is 5.97 Å². The van der Waals surface area contributed by atoms with E-state index >= 15 is 0 Å². The number of aliphatic carboxylic acids is 1. The number of carbonyl (C=O) groups is 1. The number of halogens is 1. The van der Waals surface area contributed by atoms with E-state index in [1.807, 2.05) is 0 Å². The highest BCUT2D eigenvalue weighted by Crippen LogP contribution is 2.08. The third-order valence-electron chi connectivity index (χ3n) is 2.26. The number of carboxylic acid groups (broad SMARTS) is 1. The van der Waals surface area contributed by atoms with E-state index in [-0.39, 0.29) is 6.67 Å². The van der Waals surface area contributed by atoms with Crippen molar-refractivity contribution < 1.29 is 14.3 Å². The van der Waals surface area contributed by atoms with E-state index in [1.165, 1.54) is 18.9 Å². The summed E-state index contributed by atoms with van der Waals surface area (Å²) in [5.74, 6) is -0.874. The first-order valence-electron chi connectivity index (χ1n) is 5.73. The molecule has 0 rings (SSSR count). The lowest BCUT2D eigenvalue weighted by Gasteiger charge is -1.98. The van der Waals surface area contributed by atoms with Gasteiger partial charge in [0.2, 0.25) is 0 Å². The molecule has 0 heterocycles. The molecule has 2 nitrogen and oxygen atoms in total. The molecule has 0 unspecified atom stereocenters. The molecule has 0 atom stereocenters. The van der Waals surface area contributed by atoms with E-state index in [0.717, 1.165) is 32.1 Å². The minimum atomic E-state index is -0.874. The highest BCUT2D eigenvalue weighted by atomic mass is 19.1. The summed E-state index contributed by atoms with van der Waals surface area (Å²) in [7, 11) is 0. The molecule has 88 valence electrons. The van der Waals surface area contributed by atoms with Gasteiger partial charge in [-0.15, -0.1) is 0 Å². The fraction of sp³-hybridized carbons (Fsp3) is 0.750. The Morgan fingerprint density at radius 3 is 2.07 bits per heavy atom. The largest absolute Gasteiger partial charge is 0.478 e. The Kier molecular flexibility index (Phi) is 10.6. The zero-order valence-electron chi connectivity index (χ0n) is 9.25. The molecule has 0 amide bonds. The Bertz CT molecular complexity index is 178. The number of carboxylic acids is 1. The highest BCUT2D eigenvalue weighted by molar-refractivity contribution is 5.79. The van der Waals surface area contributed by atoms with Crippen molar-refractivity contribution in [1.29, 1.82) is 0 Å². The average molecular weight is 216 g/mol. The summed E-state index contributed by atoms with van der Waals surface area (Å²) < 4.78 is 11.7. The van der Waals surface area contributed by atoms with Crippen LogP contribution in [0.2, 0.25) is 0 Å². The fourth-order valence-corrected chi connectivity index (χ4v) is 1.42. The van der Waals surface area contributed by atoms with E-state index in [2.05, 4.69) is 0 Å². The smallest absolute Gasteiger partial charge is 0.327 e. The second-order valence-corrected chi connectivity index (χ2v) is 3.69. The van der Waals surface area contributed by atoms with Gasteiger partial charge in [0.25, 0.3) is 0 Å². The van der Waals surface area contributed by atoms with Crippen molar-refractivity contribution in [2.24, 2.45) is 0 Å². The van der Waals surface area contributed by atoms with Crippen LogP contribution in [0, 0.1) is 0 Å². The molecule has 0 spiro atoms. The van der Waals surface area contributed by atoms with Gasteiger partial charge in [-0.3, -0.25) is 4.39 Å². The van der Waals surface area contributed by atoms with Crippen LogP contribution >= 0.6 is 0 Å². The van der Waals surface area contributed by atoms with Crippen LogP contribution in [-0.2, 0) is 4.79 Å². The summed E-state index contributed by atoms with van der Waals surface area (Å²) in [5, 5.41) is 8.32.